The van der Waals surface area contributed by atoms with E-state index in [1.165, 1.54) is 45.3 Å². The van der Waals surface area contributed by atoms with Gasteiger partial charge in [0, 0.05) is 36.0 Å². The number of nitrogens with one attached hydrogen (secondary N) is 2. The molecule has 0 saturated heterocycles. The Morgan fingerprint density at radius 1 is 0.625 bits per heavy atom. The van der Waals surface area contributed by atoms with Gasteiger partial charge in [-0.3, -0.25) is 0 Å². The lowest BCUT2D eigenvalue weighted by molar-refractivity contribution is 0.605. The van der Waals surface area contributed by atoms with Crippen LogP contribution in [-0.4, -0.2) is 24.6 Å². The molecular weight excluding hydrogens is 332 g/mol. The highest BCUT2D eigenvalue weighted by atomic mass is 32.2. The van der Waals surface area contributed by atoms with Crippen molar-refractivity contribution < 1.29 is 0 Å². The van der Waals surface area contributed by atoms with Gasteiger partial charge in [0.05, 0.1) is 0 Å². The SMILES string of the molecule is c1ccc2c(c1)CNCCNCc1ccccc1SCCCCS2. The maximum Gasteiger partial charge on any atom is 0.0217 e. The van der Waals surface area contributed by atoms with Crippen molar-refractivity contribution in [3.63, 3.8) is 0 Å². The minimum atomic E-state index is 0.956. The first-order chi connectivity index (χ1) is 11.9. The lowest BCUT2D eigenvalue weighted by Gasteiger charge is -2.13. The van der Waals surface area contributed by atoms with Gasteiger partial charge >= 0.3 is 0 Å². The van der Waals surface area contributed by atoms with Crippen LogP contribution < -0.4 is 10.6 Å². The molecule has 1 aliphatic rings. The van der Waals surface area contributed by atoms with E-state index in [4.69, 9.17) is 0 Å². The monoisotopic (exact) mass is 358 g/mol. The van der Waals surface area contributed by atoms with E-state index >= 15 is 0 Å². The average molecular weight is 359 g/mol. The van der Waals surface area contributed by atoms with Crippen LogP contribution in [0, 0.1) is 0 Å². The molecule has 0 aromatic heterocycles. The fraction of sp³-hybridized carbons (Fsp3) is 0.400. The van der Waals surface area contributed by atoms with Crippen LogP contribution in [0.25, 0.3) is 0 Å². The summed E-state index contributed by atoms with van der Waals surface area (Å²) in [5.74, 6) is 2.42. The largest absolute Gasteiger partial charge is 0.311 e. The second-order valence-corrected chi connectivity index (χ2v) is 8.25. The van der Waals surface area contributed by atoms with Gasteiger partial charge in [0.2, 0.25) is 0 Å². The maximum atomic E-state index is 3.57. The summed E-state index contributed by atoms with van der Waals surface area (Å²) in [5.41, 5.74) is 2.85. The van der Waals surface area contributed by atoms with Crippen LogP contribution in [0.2, 0.25) is 0 Å². The highest BCUT2D eigenvalue weighted by Gasteiger charge is 2.05. The first-order valence-electron chi connectivity index (χ1n) is 8.76. The Morgan fingerprint density at radius 3 is 1.58 bits per heavy atom. The van der Waals surface area contributed by atoms with E-state index in [0.29, 0.717) is 0 Å². The van der Waals surface area contributed by atoms with E-state index in [1.807, 2.05) is 23.5 Å². The number of hydrogen-bond donors (Lipinski definition) is 2. The molecule has 2 nitrogen and oxygen atoms in total. The number of benzene rings is 2. The van der Waals surface area contributed by atoms with Gasteiger partial charge in [0.15, 0.2) is 0 Å². The van der Waals surface area contributed by atoms with Crippen molar-refractivity contribution in [1.29, 1.82) is 0 Å². The van der Waals surface area contributed by atoms with Crippen LogP contribution in [0.4, 0.5) is 0 Å². The van der Waals surface area contributed by atoms with Crippen LogP contribution in [0.1, 0.15) is 24.0 Å². The number of hydrogen-bond acceptors (Lipinski definition) is 4. The van der Waals surface area contributed by atoms with Gasteiger partial charge < -0.3 is 10.6 Å². The molecule has 24 heavy (non-hydrogen) atoms. The van der Waals surface area contributed by atoms with E-state index < -0.39 is 0 Å². The van der Waals surface area contributed by atoms with Gasteiger partial charge in [-0.25, -0.2) is 0 Å². The van der Waals surface area contributed by atoms with Crippen LogP contribution in [-0.2, 0) is 13.1 Å². The summed E-state index contributed by atoms with van der Waals surface area (Å²) in [6.07, 6.45) is 2.56. The molecule has 2 aromatic carbocycles. The summed E-state index contributed by atoms with van der Waals surface area (Å²) in [4.78, 5) is 2.87. The topological polar surface area (TPSA) is 24.1 Å². The van der Waals surface area contributed by atoms with Crippen molar-refractivity contribution in [1.82, 2.24) is 10.6 Å². The molecule has 0 radical (unpaired) electrons. The van der Waals surface area contributed by atoms with Gasteiger partial charge in [-0.15, -0.1) is 23.5 Å². The normalized spacial score (nSPS) is 17.7. The number of thioether (sulfide) groups is 2. The third kappa shape index (κ3) is 5.55. The smallest absolute Gasteiger partial charge is 0.0217 e. The molecule has 0 bridgehead atoms. The third-order valence-electron chi connectivity index (χ3n) is 4.11. The molecule has 0 saturated carbocycles. The number of fused-ring (bicyclic) bond motifs is 2. The number of rotatable bonds is 0. The molecule has 0 fully saturated rings. The van der Waals surface area contributed by atoms with Crippen LogP contribution in [0.5, 0.6) is 0 Å². The molecule has 2 N–H and O–H groups in total. The fourth-order valence-electron chi connectivity index (χ4n) is 2.77. The van der Waals surface area contributed by atoms with E-state index in [9.17, 15) is 0 Å². The summed E-state index contributed by atoms with van der Waals surface area (Å²) < 4.78 is 0. The molecule has 0 spiro atoms. The molecular formula is C20H26N2S2. The predicted molar refractivity (Wildman–Crippen MR) is 107 cm³/mol. The summed E-state index contributed by atoms with van der Waals surface area (Å²) >= 11 is 4.01. The first-order valence-corrected chi connectivity index (χ1v) is 10.7. The van der Waals surface area contributed by atoms with Gasteiger partial charge in [0.1, 0.15) is 0 Å². The average Bonchev–Trinajstić information content (AvgIpc) is 2.62. The first kappa shape index (κ1) is 17.9. The van der Waals surface area contributed by atoms with Gasteiger partial charge in [-0.05, 0) is 47.6 Å². The molecule has 128 valence electrons. The van der Waals surface area contributed by atoms with E-state index in [1.54, 1.807) is 0 Å². The van der Waals surface area contributed by atoms with Gasteiger partial charge in [-0.1, -0.05) is 36.4 Å². The van der Waals surface area contributed by atoms with Crippen molar-refractivity contribution >= 4 is 23.5 Å². The highest BCUT2D eigenvalue weighted by molar-refractivity contribution is 7.99. The molecule has 0 aliphatic carbocycles. The van der Waals surface area contributed by atoms with Crippen molar-refractivity contribution in [3.05, 3.63) is 59.7 Å². The zero-order chi connectivity index (χ0) is 16.5. The molecule has 0 amide bonds. The molecule has 1 heterocycles. The Balaban J connectivity index is 1.61. The van der Waals surface area contributed by atoms with Crippen molar-refractivity contribution in [3.8, 4) is 0 Å². The standard InChI is InChI=1S/C20H26N2S2/c1-3-9-19-17(7-1)15-21-11-12-22-16-18-8-2-4-10-20(18)24-14-6-5-13-23-19/h1-4,7-10,21-22H,5-6,11-16H2. The van der Waals surface area contributed by atoms with Crippen molar-refractivity contribution in [2.45, 2.75) is 35.7 Å². The molecule has 1 aliphatic heterocycles. The minimum absolute atomic E-state index is 0.956. The Kier molecular flexibility index (Phi) is 7.55. The second kappa shape index (κ2) is 10.1. The lowest BCUT2D eigenvalue weighted by atomic mass is 10.2. The molecule has 0 unspecified atom stereocenters. The van der Waals surface area contributed by atoms with Gasteiger partial charge in [-0.2, -0.15) is 0 Å². The van der Waals surface area contributed by atoms with Crippen LogP contribution >= 0.6 is 23.5 Å². The Bertz CT molecular complexity index is 521. The van der Waals surface area contributed by atoms with Crippen LogP contribution in [0.3, 0.4) is 0 Å². The second-order valence-electron chi connectivity index (χ2n) is 5.97. The quantitative estimate of drug-likeness (QED) is 0.722. The van der Waals surface area contributed by atoms with Gasteiger partial charge in [0.25, 0.3) is 0 Å². The van der Waals surface area contributed by atoms with Crippen molar-refractivity contribution in [2.24, 2.45) is 0 Å². The summed E-state index contributed by atoms with van der Waals surface area (Å²) in [5, 5.41) is 7.13. The predicted octanol–water partition coefficient (Wildman–Crippen LogP) is 4.54. The van der Waals surface area contributed by atoms with Crippen molar-refractivity contribution in [2.75, 3.05) is 24.6 Å². The molecule has 4 heteroatoms. The molecule has 0 atom stereocenters. The Morgan fingerprint density at radius 2 is 1.08 bits per heavy atom. The fourth-order valence-corrected chi connectivity index (χ4v) is 4.91. The third-order valence-corrected chi connectivity index (χ3v) is 6.51. The van der Waals surface area contributed by atoms with E-state index in [-0.39, 0.29) is 0 Å². The highest BCUT2D eigenvalue weighted by Crippen LogP contribution is 2.26. The van der Waals surface area contributed by atoms with Crippen LogP contribution in [0.15, 0.2) is 58.3 Å². The minimum Gasteiger partial charge on any atom is -0.311 e. The summed E-state index contributed by atoms with van der Waals surface area (Å²) in [6, 6.07) is 17.6. The van der Waals surface area contributed by atoms with E-state index in [2.05, 4.69) is 59.2 Å². The van der Waals surface area contributed by atoms with E-state index in [0.717, 1.165) is 26.2 Å². The molecule has 2 aromatic rings. The zero-order valence-corrected chi connectivity index (χ0v) is 15.7. The lowest BCUT2D eigenvalue weighted by Crippen LogP contribution is -2.27. The maximum absolute atomic E-state index is 3.57. The summed E-state index contributed by atoms with van der Waals surface area (Å²) in [7, 11) is 0. The Labute approximate surface area is 154 Å². The zero-order valence-electron chi connectivity index (χ0n) is 14.1. The molecule has 3 rings (SSSR count). The summed E-state index contributed by atoms with van der Waals surface area (Å²) in [6.45, 7) is 3.90. The Hall–Kier alpha value is -0.940.